The van der Waals surface area contributed by atoms with Crippen molar-refractivity contribution in [3.8, 4) is 17.2 Å². The summed E-state index contributed by atoms with van der Waals surface area (Å²) < 4.78 is 16.0. The van der Waals surface area contributed by atoms with E-state index in [0.29, 0.717) is 23.8 Å². The van der Waals surface area contributed by atoms with Crippen LogP contribution in [0.4, 0.5) is 0 Å². The van der Waals surface area contributed by atoms with Gasteiger partial charge in [0.2, 0.25) is 5.91 Å². The maximum Gasteiger partial charge on any atom is 0.240 e. The molecular formula is C17H26N2O4. The van der Waals surface area contributed by atoms with Crippen LogP contribution in [0, 0.1) is 0 Å². The summed E-state index contributed by atoms with van der Waals surface area (Å²) in [6.45, 7) is 3.20. The molecule has 0 aliphatic carbocycles. The van der Waals surface area contributed by atoms with Crippen molar-refractivity contribution in [1.82, 2.24) is 10.6 Å². The molecule has 1 fully saturated rings. The molecule has 23 heavy (non-hydrogen) atoms. The van der Waals surface area contributed by atoms with Gasteiger partial charge in [0.05, 0.1) is 26.9 Å². The van der Waals surface area contributed by atoms with Crippen LogP contribution >= 0.6 is 0 Å². The number of carbonyl (C=O) groups excluding carboxylic acids is 1. The fourth-order valence-electron chi connectivity index (χ4n) is 2.85. The van der Waals surface area contributed by atoms with Crippen LogP contribution in [0.5, 0.6) is 17.2 Å². The number of methoxy groups -OCH3 is 3. The van der Waals surface area contributed by atoms with E-state index in [0.717, 1.165) is 31.4 Å². The van der Waals surface area contributed by atoms with Crippen molar-refractivity contribution < 1.29 is 19.0 Å². The standard InChI is InChI=1S/C17H26N2O4/c1-17(7-5-6-8-19-17)16(20)18-11-12-9-14(22-3)15(23-4)10-13(12)21-2/h9-10,19H,5-8,11H2,1-4H3,(H,18,20). The molecule has 2 N–H and O–H groups in total. The largest absolute Gasteiger partial charge is 0.496 e. The number of amides is 1. The third-order valence-electron chi connectivity index (χ3n) is 4.35. The average molecular weight is 322 g/mol. The predicted octanol–water partition coefficient (Wildman–Crippen LogP) is 1.86. The molecule has 1 saturated heterocycles. The van der Waals surface area contributed by atoms with Gasteiger partial charge in [-0.1, -0.05) is 0 Å². The van der Waals surface area contributed by atoms with Crippen molar-refractivity contribution in [2.45, 2.75) is 38.3 Å². The lowest BCUT2D eigenvalue weighted by molar-refractivity contribution is -0.128. The van der Waals surface area contributed by atoms with Gasteiger partial charge in [0, 0.05) is 18.2 Å². The minimum atomic E-state index is -0.498. The van der Waals surface area contributed by atoms with Crippen molar-refractivity contribution in [3.63, 3.8) is 0 Å². The Morgan fingerprint density at radius 3 is 2.35 bits per heavy atom. The SMILES string of the molecule is COc1cc(OC)c(OC)cc1CNC(=O)C1(C)CCCCN1. The molecule has 6 nitrogen and oxygen atoms in total. The summed E-state index contributed by atoms with van der Waals surface area (Å²) in [6.07, 6.45) is 3.03. The zero-order valence-corrected chi connectivity index (χ0v) is 14.3. The molecule has 0 saturated carbocycles. The maximum atomic E-state index is 12.5. The Bertz CT molecular complexity index is 554. The van der Waals surface area contributed by atoms with Gasteiger partial charge in [-0.2, -0.15) is 0 Å². The van der Waals surface area contributed by atoms with Crippen molar-refractivity contribution in [1.29, 1.82) is 0 Å². The second-order valence-corrected chi connectivity index (χ2v) is 5.92. The smallest absolute Gasteiger partial charge is 0.240 e. The van der Waals surface area contributed by atoms with Crippen LogP contribution in [0.2, 0.25) is 0 Å². The van der Waals surface area contributed by atoms with Crippen molar-refractivity contribution in [2.75, 3.05) is 27.9 Å². The van der Waals surface area contributed by atoms with Gasteiger partial charge >= 0.3 is 0 Å². The third kappa shape index (κ3) is 3.88. The summed E-state index contributed by atoms with van der Waals surface area (Å²) in [5.41, 5.74) is 0.347. The van der Waals surface area contributed by atoms with Gasteiger partial charge in [-0.25, -0.2) is 0 Å². The summed E-state index contributed by atoms with van der Waals surface area (Å²) >= 11 is 0. The minimum absolute atomic E-state index is 0.00837. The van der Waals surface area contributed by atoms with Crippen LogP contribution in [0.1, 0.15) is 31.7 Å². The highest BCUT2D eigenvalue weighted by Crippen LogP contribution is 2.34. The van der Waals surface area contributed by atoms with E-state index >= 15 is 0 Å². The lowest BCUT2D eigenvalue weighted by Gasteiger charge is -2.33. The summed E-state index contributed by atoms with van der Waals surface area (Å²) in [5.74, 6) is 1.87. The number of carbonyl (C=O) groups is 1. The molecule has 1 aromatic carbocycles. The number of piperidine rings is 1. The predicted molar refractivity (Wildman–Crippen MR) is 88.2 cm³/mol. The first kappa shape index (κ1) is 17.4. The fourth-order valence-corrected chi connectivity index (χ4v) is 2.85. The van der Waals surface area contributed by atoms with E-state index in [9.17, 15) is 4.79 Å². The van der Waals surface area contributed by atoms with E-state index in [2.05, 4.69) is 10.6 Å². The topological polar surface area (TPSA) is 68.8 Å². The summed E-state index contributed by atoms with van der Waals surface area (Å²) in [7, 11) is 4.75. The van der Waals surface area contributed by atoms with Gasteiger partial charge in [0.15, 0.2) is 11.5 Å². The minimum Gasteiger partial charge on any atom is -0.496 e. The number of ether oxygens (including phenoxy) is 3. The van der Waals surface area contributed by atoms with Crippen LogP contribution in [0.25, 0.3) is 0 Å². The number of rotatable bonds is 6. The first-order chi connectivity index (χ1) is 11.0. The maximum absolute atomic E-state index is 12.5. The molecule has 1 aliphatic heterocycles. The molecule has 1 aromatic rings. The Labute approximate surface area is 137 Å². The lowest BCUT2D eigenvalue weighted by atomic mass is 9.90. The molecule has 1 unspecified atom stereocenters. The van der Waals surface area contributed by atoms with E-state index in [-0.39, 0.29) is 5.91 Å². The Hall–Kier alpha value is -1.95. The highest BCUT2D eigenvalue weighted by atomic mass is 16.5. The van der Waals surface area contributed by atoms with E-state index in [1.807, 2.05) is 13.0 Å². The summed E-state index contributed by atoms with van der Waals surface area (Å²) in [4.78, 5) is 12.5. The van der Waals surface area contributed by atoms with Crippen LogP contribution < -0.4 is 24.8 Å². The van der Waals surface area contributed by atoms with Gasteiger partial charge < -0.3 is 24.8 Å². The molecule has 128 valence electrons. The number of hydrogen-bond acceptors (Lipinski definition) is 5. The second-order valence-electron chi connectivity index (χ2n) is 5.92. The molecule has 1 amide bonds. The molecular weight excluding hydrogens is 296 g/mol. The van der Waals surface area contributed by atoms with Gasteiger partial charge in [0.25, 0.3) is 0 Å². The van der Waals surface area contributed by atoms with Gasteiger partial charge in [-0.05, 0) is 38.8 Å². The Balaban J connectivity index is 2.11. The van der Waals surface area contributed by atoms with Crippen molar-refractivity contribution >= 4 is 5.91 Å². The van der Waals surface area contributed by atoms with Crippen molar-refractivity contribution in [2.24, 2.45) is 0 Å². The van der Waals surface area contributed by atoms with E-state index in [4.69, 9.17) is 14.2 Å². The van der Waals surface area contributed by atoms with Crippen LogP contribution in [0.15, 0.2) is 12.1 Å². The highest BCUT2D eigenvalue weighted by Gasteiger charge is 2.34. The van der Waals surface area contributed by atoms with Crippen LogP contribution in [-0.2, 0) is 11.3 Å². The first-order valence-electron chi connectivity index (χ1n) is 7.86. The second kappa shape index (κ2) is 7.55. The fraction of sp³-hybridized carbons (Fsp3) is 0.588. The first-order valence-corrected chi connectivity index (χ1v) is 7.86. The van der Waals surface area contributed by atoms with Gasteiger partial charge in [0.1, 0.15) is 5.75 Å². The molecule has 0 aromatic heterocycles. The Morgan fingerprint density at radius 2 is 1.78 bits per heavy atom. The van der Waals surface area contributed by atoms with Crippen molar-refractivity contribution in [3.05, 3.63) is 17.7 Å². The van der Waals surface area contributed by atoms with E-state index in [1.54, 1.807) is 27.4 Å². The van der Waals surface area contributed by atoms with Crippen LogP contribution in [0.3, 0.4) is 0 Å². The monoisotopic (exact) mass is 322 g/mol. The van der Waals surface area contributed by atoms with E-state index in [1.165, 1.54) is 0 Å². The van der Waals surface area contributed by atoms with Crippen LogP contribution in [-0.4, -0.2) is 39.3 Å². The summed E-state index contributed by atoms with van der Waals surface area (Å²) in [6, 6.07) is 3.59. The van der Waals surface area contributed by atoms with Gasteiger partial charge in [-0.3, -0.25) is 4.79 Å². The average Bonchev–Trinajstić information content (AvgIpc) is 2.59. The molecule has 0 radical (unpaired) electrons. The molecule has 1 heterocycles. The molecule has 1 aliphatic rings. The zero-order chi connectivity index (χ0) is 16.9. The third-order valence-corrected chi connectivity index (χ3v) is 4.35. The molecule has 0 bridgehead atoms. The zero-order valence-electron chi connectivity index (χ0n) is 14.3. The highest BCUT2D eigenvalue weighted by molar-refractivity contribution is 5.86. The van der Waals surface area contributed by atoms with Gasteiger partial charge in [-0.15, -0.1) is 0 Å². The molecule has 2 rings (SSSR count). The molecule has 6 heteroatoms. The Morgan fingerprint density at radius 1 is 1.13 bits per heavy atom. The lowest BCUT2D eigenvalue weighted by Crippen LogP contribution is -2.56. The normalized spacial score (nSPS) is 20.7. The summed E-state index contributed by atoms with van der Waals surface area (Å²) in [5, 5.41) is 6.31. The van der Waals surface area contributed by atoms with E-state index < -0.39 is 5.54 Å². The number of hydrogen-bond donors (Lipinski definition) is 2. The number of nitrogens with one attached hydrogen (secondary N) is 2. The molecule has 1 atom stereocenters. The molecule has 0 spiro atoms. The Kier molecular flexibility index (Phi) is 5.71. The quantitative estimate of drug-likeness (QED) is 0.837. The number of benzene rings is 1.